The summed E-state index contributed by atoms with van der Waals surface area (Å²) in [6.07, 6.45) is 2.86. The summed E-state index contributed by atoms with van der Waals surface area (Å²) in [4.78, 5) is 2.53. The Labute approximate surface area is 86.8 Å². The summed E-state index contributed by atoms with van der Waals surface area (Å²) >= 11 is 0. The van der Waals surface area contributed by atoms with Gasteiger partial charge < -0.3 is 4.74 Å². The highest BCUT2D eigenvalue weighted by Crippen LogP contribution is 2.26. The van der Waals surface area contributed by atoms with E-state index in [0.717, 1.165) is 13.1 Å². The molecule has 0 bridgehead atoms. The van der Waals surface area contributed by atoms with E-state index >= 15 is 0 Å². The van der Waals surface area contributed by atoms with Crippen molar-refractivity contribution >= 4 is 0 Å². The molecule has 0 aliphatic carbocycles. The Kier molecular flexibility index (Phi) is 2.82. The maximum atomic E-state index is 6.01. The highest BCUT2D eigenvalue weighted by molar-refractivity contribution is 4.91. The fourth-order valence-corrected chi connectivity index (χ4v) is 2.58. The van der Waals surface area contributed by atoms with Crippen molar-refractivity contribution in [1.29, 1.82) is 0 Å². The quantitative estimate of drug-likeness (QED) is 0.721. The molecule has 0 aromatic heterocycles. The lowest BCUT2D eigenvalue weighted by Crippen LogP contribution is -2.44. The molecule has 2 heterocycles. The minimum Gasteiger partial charge on any atom is -0.355 e. The van der Waals surface area contributed by atoms with Gasteiger partial charge in [0, 0.05) is 12.6 Å². The van der Waals surface area contributed by atoms with Crippen LogP contribution in [-0.2, 0) is 4.74 Å². The predicted octanol–water partition coefficient (Wildman–Crippen LogP) is 1.20. The van der Waals surface area contributed by atoms with Crippen molar-refractivity contribution in [3.8, 4) is 0 Å². The highest BCUT2D eigenvalue weighted by Gasteiger charge is 2.39. The number of nitrogens with one attached hydrogen (secondary N) is 1. The van der Waals surface area contributed by atoms with E-state index in [-0.39, 0.29) is 11.8 Å². The summed E-state index contributed by atoms with van der Waals surface area (Å²) in [5, 5.41) is 3.49. The van der Waals surface area contributed by atoms with Crippen molar-refractivity contribution in [2.75, 3.05) is 19.6 Å². The van der Waals surface area contributed by atoms with Gasteiger partial charge in [-0.25, -0.2) is 0 Å². The van der Waals surface area contributed by atoms with Crippen molar-refractivity contribution in [3.63, 3.8) is 0 Å². The lowest BCUT2D eigenvalue weighted by molar-refractivity contribution is -0.0480. The van der Waals surface area contributed by atoms with Crippen LogP contribution < -0.4 is 5.32 Å². The zero-order valence-corrected chi connectivity index (χ0v) is 9.55. The summed E-state index contributed by atoms with van der Waals surface area (Å²) in [5.74, 6) is 0. The second-order valence-corrected chi connectivity index (χ2v) is 5.02. The van der Waals surface area contributed by atoms with Crippen molar-refractivity contribution in [2.24, 2.45) is 0 Å². The van der Waals surface area contributed by atoms with E-state index < -0.39 is 0 Å². The lowest BCUT2D eigenvalue weighted by Gasteiger charge is -2.29. The van der Waals surface area contributed by atoms with Gasteiger partial charge in [0.1, 0.15) is 6.23 Å². The minimum absolute atomic E-state index is 0.0205. The number of hydrogen-bond acceptors (Lipinski definition) is 3. The molecule has 2 fully saturated rings. The van der Waals surface area contributed by atoms with Crippen LogP contribution in [0, 0.1) is 0 Å². The minimum atomic E-state index is 0.0205. The van der Waals surface area contributed by atoms with Crippen LogP contribution in [0.2, 0.25) is 0 Å². The number of rotatable bonds is 2. The first-order valence-corrected chi connectivity index (χ1v) is 5.77. The molecule has 2 rings (SSSR count). The van der Waals surface area contributed by atoms with Crippen molar-refractivity contribution in [2.45, 2.75) is 51.5 Å². The highest BCUT2D eigenvalue weighted by atomic mass is 16.5. The topological polar surface area (TPSA) is 24.5 Å². The lowest BCUT2D eigenvalue weighted by atomic mass is 10.1. The molecule has 3 heteroatoms. The van der Waals surface area contributed by atoms with E-state index in [0.29, 0.717) is 6.04 Å². The Morgan fingerprint density at radius 2 is 2.29 bits per heavy atom. The van der Waals surface area contributed by atoms with Crippen molar-refractivity contribution in [1.82, 2.24) is 10.2 Å². The SMILES string of the molecule is CCN1CCCC1C1NCC(C)(C)O1. The number of nitrogens with zero attached hydrogens (tertiary/aromatic N) is 1. The summed E-state index contributed by atoms with van der Waals surface area (Å²) in [6.45, 7) is 9.91. The van der Waals surface area contributed by atoms with Crippen LogP contribution in [0.1, 0.15) is 33.6 Å². The van der Waals surface area contributed by atoms with E-state index in [1.54, 1.807) is 0 Å². The maximum absolute atomic E-state index is 6.01. The van der Waals surface area contributed by atoms with Gasteiger partial charge in [0.15, 0.2) is 0 Å². The van der Waals surface area contributed by atoms with Crippen LogP contribution in [0.5, 0.6) is 0 Å². The van der Waals surface area contributed by atoms with Crippen LogP contribution >= 0.6 is 0 Å². The van der Waals surface area contributed by atoms with E-state index in [4.69, 9.17) is 4.74 Å². The summed E-state index contributed by atoms with van der Waals surface area (Å²) in [5.41, 5.74) is 0.0205. The van der Waals surface area contributed by atoms with Gasteiger partial charge in [-0.05, 0) is 39.8 Å². The third-order valence-corrected chi connectivity index (χ3v) is 3.34. The molecule has 0 spiro atoms. The average Bonchev–Trinajstić information content (AvgIpc) is 2.70. The maximum Gasteiger partial charge on any atom is 0.124 e. The molecular formula is C11H22N2O. The Hall–Kier alpha value is -0.120. The summed E-state index contributed by atoms with van der Waals surface area (Å²) in [7, 11) is 0. The Balaban J connectivity index is 1.95. The first-order valence-electron chi connectivity index (χ1n) is 5.77. The van der Waals surface area contributed by atoms with Gasteiger partial charge >= 0.3 is 0 Å². The van der Waals surface area contributed by atoms with Gasteiger partial charge in [0.25, 0.3) is 0 Å². The van der Waals surface area contributed by atoms with Crippen LogP contribution in [0.4, 0.5) is 0 Å². The zero-order valence-electron chi connectivity index (χ0n) is 9.55. The number of likely N-dealkylation sites (N-methyl/N-ethyl adjacent to an activating group) is 1. The molecule has 2 aliphatic rings. The van der Waals surface area contributed by atoms with Gasteiger partial charge in [-0.1, -0.05) is 6.92 Å². The van der Waals surface area contributed by atoms with Gasteiger partial charge in [-0.2, -0.15) is 0 Å². The van der Waals surface area contributed by atoms with E-state index in [9.17, 15) is 0 Å². The van der Waals surface area contributed by atoms with E-state index in [1.807, 2.05) is 0 Å². The standard InChI is InChI=1S/C11H22N2O/c1-4-13-7-5-6-9(13)10-12-8-11(2,3)14-10/h9-10,12H,4-8H2,1-3H3. The first kappa shape index (κ1) is 10.4. The molecule has 2 saturated heterocycles. The van der Waals surface area contributed by atoms with E-state index in [2.05, 4.69) is 31.0 Å². The normalized spacial score (nSPS) is 37.9. The van der Waals surface area contributed by atoms with Gasteiger partial charge in [0.05, 0.1) is 5.60 Å². The van der Waals surface area contributed by atoms with Crippen LogP contribution in [0.15, 0.2) is 0 Å². The second kappa shape index (κ2) is 3.80. The second-order valence-electron chi connectivity index (χ2n) is 5.02. The average molecular weight is 198 g/mol. The molecule has 0 aromatic rings. The molecule has 82 valence electrons. The van der Waals surface area contributed by atoms with Gasteiger partial charge in [-0.15, -0.1) is 0 Å². The molecule has 2 aliphatic heterocycles. The molecule has 2 atom stereocenters. The monoisotopic (exact) mass is 198 g/mol. The zero-order chi connectivity index (χ0) is 10.2. The van der Waals surface area contributed by atoms with Gasteiger partial charge in [-0.3, -0.25) is 10.2 Å². The predicted molar refractivity (Wildman–Crippen MR) is 57.2 cm³/mol. The van der Waals surface area contributed by atoms with Gasteiger partial charge in [0.2, 0.25) is 0 Å². The molecule has 0 amide bonds. The number of likely N-dealkylation sites (tertiary alicyclic amines) is 1. The Morgan fingerprint density at radius 3 is 2.86 bits per heavy atom. The van der Waals surface area contributed by atoms with Crippen molar-refractivity contribution in [3.05, 3.63) is 0 Å². The van der Waals surface area contributed by atoms with Crippen molar-refractivity contribution < 1.29 is 4.74 Å². The largest absolute Gasteiger partial charge is 0.355 e. The van der Waals surface area contributed by atoms with Crippen LogP contribution in [0.3, 0.4) is 0 Å². The fraction of sp³-hybridized carbons (Fsp3) is 1.00. The molecular weight excluding hydrogens is 176 g/mol. The Bertz CT molecular complexity index is 205. The van der Waals surface area contributed by atoms with Crippen LogP contribution in [0.25, 0.3) is 0 Å². The molecule has 0 radical (unpaired) electrons. The van der Waals surface area contributed by atoms with E-state index in [1.165, 1.54) is 19.4 Å². The third-order valence-electron chi connectivity index (χ3n) is 3.34. The summed E-state index contributed by atoms with van der Waals surface area (Å²) in [6, 6.07) is 0.599. The van der Waals surface area contributed by atoms with Crippen LogP contribution in [-0.4, -0.2) is 42.4 Å². The molecule has 3 nitrogen and oxygen atoms in total. The molecule has 2 unspecified atom stereocenters. The number of ether oxygens (including phenoxy) is 1. The number of hydrogen-bond donors (Lipinski definition) is 1. The molecule has 14 heavy (non-hydrogen) atoms. The fourth-order valence-electron chi connectivity index (χ4n) is 2.58. The molecule has 0 saturated carbocycles. The molecule has 0 aromatic carbocycles. The Morgan fingerprint density at radius 1 is 1.50 bits per heavy atom. The summed E-state index contributed by atoms with van der Waals surface area (Å²) < 4.78 is 6.01. The molecule has 1 N–H and O–H groups in total. The smallest absolute Gasteiger partial charge is 0.124 e. The third kappa shape index (κ3) is 1.95. The first-order chi connectivity index (χ1) is 6.62.